The molecule has 1 nitrogen and oxygen atoms in total. The molecule has 2 aliphatic carbocycles. The highest BCUT2D eigenvalue weighted by molar-refractivity contribution is 4.97. The molecule has 0 aliphatic heterocycles. The third kappa shape index (κ3) is 3.01. The van der Waals surface area contributed by atoms with Gasteiger partial charge < -0.3 is 5.73 Å². The lowest BCUT2D eigenvalue weighted by Crippen LogP contribution is -2.51. The molecule has 4 heteroatoms. The lowest BCUT2D eigenvalue weighted by atomic mass is 9.65. The molecular formula is C14H24F3N. The average Bonchev–Trinajstić information content (AvgIpc) is 2.29. The van der Waals surface area contributed by atoms with Crippen LogP contribution >= 0.6 is 0 Å². The molecule has 0 bridgehead atoms. The minimum Gasteiger partial charge on any atom is -0.325 e. The first-order valence-corrected chi connectivity index (χ1v) is 7.17. The smallest absolute Gasteiger partial charge is 0.325 e. The second-order valence-electron chi connectivity index (χ2n) is 6.51. The van der Waals surface area contributed by atoms with E-state index in [0.29, 0.717) is 18.8 Å². The highest BCUT2D eigenvalue weighted by Gasteiger charge is 2.47. The van der Waals surface area contributed by atoms with Crippen LogP contribution < -0.4 is 5.73 Å². The predicted molar refractivity (Wildman–Crippen MR) is 66.1 cm³/mol. The number of halogens is 3. The van der Waals surface area contributed by atoms with E-state index in [-0.39, 0.29) is 18.4 Å². The largest absolute Gasteiger partial charge is 0.391 e. The van der Waals surface area contributed by atoms with Crippen LogP contribution in [0.25, 0.3) is 0 Å². The lowest BCUT2D eigenvalue weighted by molar-refractivity contribution is -0.186. The molecule has 0 heterocycles. The van der Waals surface area contributed by atoms with Crippen LogP contribution in [-0.2, 0) is 0 Å². The van der Waals surface area contributed by atoms with Crippen molar-refractivity contribution in [3.63, 3.8) is 0 Å². The second kappa shape index (κ2) is 5.03. The zero-order valence-electron chi connectivity index (χ0n) is 11.1. The summed E-state index contributed by atoms with van der Waals surface area (Å²) >= 11 is 0. The second-order valence-corrected chi connectivity index (χ2v) is 6.51. The Labute approximate surface area is 107 Å². The van der Waals surface area contributed by atoms with Gasteiger partial charge in [0.1, 0.15) is 0 Å². The number of rotatable bonds is 1. The number of hydrogen-bond donors (Lipinski definition) is 1. The maximum Gasteiger partial charge on any atom is 0.391 e. The molecule has 2 aliphatic rings. The van der Waals surface area contributed by atoms with E-state index in [0.717, 1.165) is 18.8 Å². The molecule has 2 fully saturated rings. The number of nitrogens with two attached hydrogens (primary N) is 1. The van der Waals surface area contributed by atoms with Crippen LogP contribution in [0.15, 0.2) is 0 Å². The van der Waals surface area contributed by atoms with Crippen LogP contribution in [0.2, 0.25) is 0 Å². The molecular weight excluding hydrogens is 239 g/mol. The Morgan fingerprint density at radius 3 is 1.89 bits per heavy atom. The van der Waals surface area contributed by atoms with Gasteiger partial charge in [-0.15, -0.1) is 0 Å². The molecule has 0 radical (unpaired) electrons. The van der Waals surface area contributed by atoms with Crippen LogP contribution in [0.4, 0.5) is 13.2 Å². The Kier molecular flexibility index (Phi) is 3.96. The topological polar surface area (TPSA) is 26.0 Å². The Balaban J connectivity index is 1.91. The molecule has 2 saturated carbocycles. The van der Waals surface area contributed by atoms with Gasteiger partial charge in [-0.2, -0.15) is 13.2 Å². The van der Waals surface area contributed by atoms with E-state index in [2.05, 4.69) is 6.92 Å². The van der Waals surface area contributed by atoms with Gasteiger partial charge in [0, 0.05) is 5.54 Å². The van der Waals surface area contributed by atoms with E-state index in [1.54, 1.807) is 0 Å². The van der Waals surface area contributed by atoms with E-state index < -0.39 is 12.1 Å². The molecule has 2 rings (SSSR count). The highest BCUT2D eigenvalue weighted by atomic mass is 19.4. The summed E-state index contributed by atoms with van der Waals surface area (Å²) in [4.78, 5) is 0. The normalized spacial score (nSPS) is 42.8. The SMILES string of the molecule is CC1CCC(C2(N)CCC(C(F)(F)F)CC2)CC1. The van der Waals surface area contributed by atoms with Gasteiger partial charge in [0.25, 0.3) is 0 Å². The van der Waals surface area contributed by atoms with Crippen molar-refractivity contribution in [1.29, 1.82) is 0 Å². The first-order chi connectivity index (χ1) is 8.31. The Morgan fingerprint density at radius 1 is 0.944 bits per heavy atom. The number of hydrogen-bond acceptors (Lipinski definition) is 1. The molecule has 2 N–H and O–H groups in total. The van der Waals surface area contributed by atoms with Gasteiger partial charge in [-0.1, -0.05) is 19.8 Å². The summed E-state index contributed by atoms with van der Waals surface area (Å²) in [5, 5.41) is 0. The van der Waals surface area contributed by atoms with Crippen molar-refractivity contribution in [1.82, 2.24) is 0 Å². The highest BCUT2D eigenvalue weighted by Crippen LogP contribution is 2.46. The quantitative estimate of drug-likeness (QED) is 0.751. The van der Waals surface area contributed by atoms with Gasteiger partial charge in [0.05, 0.1) is 5.92 Å². The molecule has 0 saturated heterocycles. The molecule has 0 aromatic rings. The molecule has 106 valence electrons. The van der Waals surface area contributed by atoms with E-state index in [1.807, 2.05) is 0 Å². The fourth-order valence-corrected chi connectivity index (χ4v) is 3.73. The van der Waals surface area contributed by atoms with E-state index in [4.69, 9.17) is 5.73 Å². The van der Waals surface area contributed by atoms with Crippen molar-refractivity contribution in [3.8, 4) is 0 Å². The first kappa shape index (κ1) is 14.2. The van der Waals surface area contributed by atoms with Crippen LogP contribution in [0.5, 0.6) is 0 Å². The Bertz CT molecular complexity index is 271. The summed E-state index contributed by atoms with van der Waals surface area (Å²) in [6.07, 6.45) is 2.12. The zero-order chi connectivity index (χ0) is 13.4. The molecule has 18 heavy (non-hydrogen) atoms. The molecule has 0 aromatic carbocycles. The van der Waals surface area contributed by atoms with Crippen molar-refractivity contribution >= 4 is 0 Å². The summed E-state index contributed by atoms with van der Waals surface area (Å²) in [5.41, 5.74) is 6.10. The van der Waals surface area contributed by atoms with E-state index >= 15 is 0 Å². The minimum atomic E-state index is -4.03. The van der Waals surface area contributed by atoms with E-state index in [9.17, 15) is 13.2 Å². The monoisotopic (exact) mass is 263 g/mol. The third-order valence-electron chi connectivity index (χ3n) is 5.21. The van der Waals surface area contributed by atoms with Gasteiger partial charge in [-0.25, -0.2) is 0 Å². The van der Waals surface area contributed by atoms with Crippen molar-refractivity contribution in [2.24, 2.45) is 23.5 Å². The van der Waals surface area contributed by atoms with Crippen molar-refractivity contribution in [2.75, 3.05) is 0 Å². The summed E-state index contributed by atoms with van der Waals surface area (Å²) in [7, 11) is 0. The lowest BCUT2D eigenvalue weighted by Gasteiger charge is -2.45. The molecule has 0 atom stereocenters. The molecule has 0 aromatic heterocycles. The van der Waals surface area contributed by atoms with Crippen molar-refractivity contribution < 1.29 is 13.2 Å². The summed E-state index contributed by atoms with van der Waals surface area (Å²) in [6, 6.07) is 0. The summed E-state index contributed by atoms with van der Waals surface area (Å²) in [6.45, 7) is 2.25. The standard InChI is InChI=1S/C14H24F3N/c1-10-2-4-11(5-3-10)13(18)8-6-12(7-9-13)14(15,16)17/h10-12H,2-9,18H2,1H3. The Hall–Kier alpha value is -0.250. The maximum absolute atomic E-state index is 12.6. The van der Waals surface area contributed by atoms with Gasteiger partial charge in [0.2, 0.25) is 0 Å². The first-order valence-electron chi connectivity index (χ1n) is 7.17. The maximum atomic E-state index is 12.6. The van der Waals surface area contributed by atoms with Gasteiger partial charge in [-0.05, 0) is 50.4 Å². The van der Waals surface area contributed by atoms with Crippen molar-refractivity contribution in [2.45, 2.75) is 70.0 Å². The van der Waals surface area contributed by atoms with Crippen LogP contribution in [0.3, 0.4) is 0 Å². The van der Waals surface area contributed by atoms with Crippen LogP contribution in [-0.4, -0.2) is 11.7 Å². The summed E-state index contributed by atoms with van der Waals surface area (Å²) < 4.78 is 37.9. The van der Waals surface area contributed by atoms with Gasteiger partial charge in [0.15, 0.2) is 0 Å². The predicted octanol–water partition coefficient (Wildman–Crippen LogP) is 4.26. The van der Waals surface area contributed by atoms with E-state index in [1.165, 1.54) is 12.8 Å². The summed E-state index contributed by atoms with van der Waals surface area (Å²) in [5.74, 6) is 0.0935. The molecule has 0 unspecified atom stereocenters. The van der Waals surface area contributed by atoms with Gasteiger partial charge in [-0.3, -0.25) is 0 Å². The van der Waals surface area contributed by atoms with Crippen LogP contribution in [0.1, 0.15) is 58.3 Å². The minimum absolute atomic E-state index is 0.228. The number of alkyl halides is 3. The van der Waals surface area contributed by atoms with Crippen molar-refractivity contribution in [3.05, 3.63) is 0 Å². The third-order valence-corrected chi connectivity index (χ3v) is 5.21. The zero-order valence-corrected chi connectivity index (χ0v) is 11.1. The average molecular weight is 263 g/mol. The molecule has 0 amide bonds. The molecule has 0 spiro atoms. The fourth-order valence-electron chi connectivity index (χ4n) is 3.73. The fraction of sp³-hybridized carbons (Fsp3) is 1.00. The van der Waals surface area contributed by atoms with Crippen LogP contribution in [0, 0.1) is 17.8 Å². The Morgan fingerprint density at radius 2 is 1.44 bits per heavy atom. The van der Waals surface area contributed by atoms with Gasteiger partial charge >= 0.3 is 6.18 Å².